The standard InChI is InChI=1S/C66H47NS/c1-68(2)65-20-8-7-17-60(65)61-39-38-55(42-66(61)68)67-43-63(53-35-29-47(30-36-53)46-27-33-52(34-28-46)59-19-10-14-50-12-4-6-16-57(50)59)62-41-54(37-40-64(62)67)48-23-21-44(22-24-48)45-25-31-51(32-26-45)58-18-9-13-49-11-3-5-15-56(49)58/h3-43H,1-2H3. The third-order valence-corrected chi connectivity index (χ3v) is 17.3. The van der Waals surface area contributed by atoms with Crippen LogP contribution in [0, 0.1) is 0 Å². The predicted molar refractivity (Wildman–Crippen MR) is 292 cm³/mol. The van der Waals surface area contributed by atoms with Gasteiger partial charge in [0.25, 0.3) is 0 Å². The van der Waals surface area contributed by atoms with E-state index in [1.807, 2.05) is 0 Å². The molecule has 11 aromatic carbocycles. The Morgan fingerprint density at radius 2 is 0.691 bits per heavy atom. The minimum atomic E-state index is -1.16. The highest BCUT2D eigenvalue weighted by atomic mass is 32.3. The van der Waals surface area contributed by atoms with E-state index in [4.69, 9.17) is 0 Å². The minimum absolute atomic E-state index is 1.16. The number of hydrogen-bond donors (Lipinski definition) is 0. The average molecular weight is 886 g/mol. The van der Waals surface area contributed by atoms with Gasteiger partial charge in [-0.3, -0.25) is 0 Å². The Bertz CT molecular complexity index is 3880. The molecule has 0 unspecified atom stereocenters. The topological polar surface area (TPSA) is 4.93 Å². The Labute approximate surface area is 399 Å². The van der Waals surface area contributed by atoms with Gasteiger partial charge in [0.05, 0.1) is 5.52 Å². The Hall–Kier alpha value is -8.17. The highest BCUT2D eigenvalue weighted by molar-refractivity contribution is 8.33. The van der Waals surface area contributed by atoms with E-state index in [9.17, 15) is 0 Å². The fourth-order valence-electron chi connectivity index (χ4n) is 10.7. The zero-order valence-electron chi connectivity index (χ0n) is 38.0. The second kappa shape index (κ2) is 16.0. The first-order chi connectivity index (χ1) is 33.4. The number of fused-ring (bicyclic) bond motifs is 6. The van der Waals surface area contributed by atoms with E-state index in [1.54, 1.807) is 0 Å². The van der Waals surface area contributed by atoms with E-state index >= 15 is 0 Å². The van der Waals surface area contributed by atoms with Crippen LogP contribution in [0.2, 0.25) is 0 Å². The molecule has 0 radical (unpaired) electrons. The van der Waals surface area contributed by atoms with Gasteiger partial charge in [-0.25, -0.2) is 0 Å². The second-order valence-electron chi connectivity index (χ2n) is 18.5. The van der Waals surface area contributed by atoms with Crippen LogP contribution >= 0.6 is 10.0 Å². The molecule has 1 aliphatic rings. The largest absolute Gasteiger partial charge is 0.316 e. The summed E-state index contributed by atoms with van der Waals surface area (Å²) in [5.41, 5.74) is 19.8. The molecule has 2 heterocycles. The molecular weight excluding hydrogens is 839 g/mol. The van der Waals surface area contributed by atoms with Crippen molar-refractivity contribution in [1.82, 2.24) is 4.57 Å². The Kier molecular flexibility index (Phi) is 9.45. The Morgan fingerprint density at radius 3 is 1.25 bits per heavy atom. The first kappa shape index (κ1) is 40.1. The van der Waals surface area contributed by atoms with Crippen molar-refractivity contribution in [2.45, 2.75) is 9.79 Å². The van der Waals surface area contributed by atoms with Gasteiger partial charge in [0.2, 0.25) is 0 Å². The van der Waals surface area contributed by atoms with Crippen LogP contribution in [0.1, 0.15) is 0 Å². The number of hydrogen-bond acceptors (Lipinski definition) is 0. The van der Waals surface area contributed by atoms with Crippen molar-refractivity contribution in [3.8, 4) is 83.6 Å². The maximum Gasteiger partial charge on any atom is 0.0535 e. The molecule has 0 saturated carbocycles. The zero-order valence-corrected chi connectivity index (χ0v) is 38.8. The normalized spacial score (nSPS) is 13.1. The van der Waals surface area contributed by atoms with E-state index in [2.05, 4.69) is 266 Å². The van der Waals surface area contributed by atoms with Crippen LogP contribution < -0.4 is 0 Å². The number of rotatable bonds is 7. The third-order valence-electron chi connectivity index (χ3n) is 14.4. The molecule has 0 fully saturated rings. The molecule has 0 spiro atoms. The Balaban J connectivity index is 0.855. The van der Waals surface area contributed by atoms with E-state index in [-0.39, 0.29) is 0 Å². The van der Waals surface area contributed by atoms with E-state index in [1.165, 1.54) is 126 Å². The summed E-state index contributed by atoms with van der Waals surface area (Å²) in [5, 5.41) is 6.32. The van der Waals surface area contributed by atoms with Crippen LogP contribution in [0.3, 0.4) is 0 Å². The summed E-state index contributed by atoms with van der Waals surface area (Å²) in [6.07, 6.45) is 7.25. The number of aromatic nitrogens is 1. The number of nitrogens with zero attached hydrogens (tertiary/aromatic N) is 1. The predicted octanol–water partition coefficient (Wildman–Crippen LogP) is 18.4. The molecule has 12 aromatic rings. The molecule has 0 amide bonds. The molecule has 13 rings (SSSR count). The molecule has 2 heteroatoms. The smallest absolute Gasteiger partial charge is 0.0535 e. The van der Waals surface area contributed by atoms with Crippen LogP contribution in [-0.2, 0) is 0 Å². The van der Waals surface area contributed by atoms with E-state index < -0.39 is 10.0 Å². The molecule has 0 saturated heterocycles. The maximum atomic E-state index is 2.46. The van der Waals surface area contributed by atoms with Gasteiger partial charge in [0.1, 0.15) is 0 Å². The minimum Gasteiger partial charge on any atom is -0.316 e. The molecule has 322 valence electrons. The van der Waals surface area contributed by atoms with Crippen molar-refractivity contribution in [3.05, 3.63) is 249 Å². The van der Waals surface area contributed by atoms with Gasteiger partial charge in [0.15, 0.2) is 0 Å². The van der Waals surface area contributed by atoms with Crippen molar-refractivity contribution >= 4 is 42.5 Å². The lowest BCUT2D eigenvalue weighted by molar-refractivity contribution is 1.12. The lowest BCUT2D eigenvalue weighted by atomic mass is 9.94. The summed E-state index contributed by atoms with van der Waals surface area (Å²) in [4.78, 5) is 2.93. The van der Waals surface area contributed by atoms with Gasteiger partial charge in [-0.2, -0.15) is 10.0 Å². The summed E-state index contributed by atoms with van der Waals surface area (Å²) in [5.74, 6) is 0. The van der Waals surface area contributed by atoms with E-state index in [0.29, 0.717) is 0 Å². The lowest BCUT2D eigenvalue weighted by Crippen LogP contribution is -1.96. The van der Waals surface area contributed by atoms with Crippen molar-refractivity contribution in [2.75, 3.05) is 12.5 Å². The first-order valence-corrected chi connectivity index (χ1v) is 25.9. The van der Waals surface area contributed by atoms with Crippen molar-refractivity contribution in [1.29, 1.82) is 0 Å². The fourth-order valence-corrected chi connectivity index (χ4v) is 13.3. The Morgan fingerprint density at radius 1 is 0.279 bits per heavy atom. The molecule has 0 bridgehead atoms. The van der Waals surface area contributed by atoms with Gasteiger partial charge in [0, 0.05) is 32.6 Å². The molecule has 1 aliphatic heterocycles. The summed E-state index contributed by atoms with van der Waals surface area (Å²) < 4.78 is 2.41. The van der Waals surface area contributed by atoms with Crippen LogP contribution in [0.4, 0.5) is 0 Å². The molecule has 68 heavy (non-hydrogen) atoms. The fraction of sp³-hybridized carbons (Fsp3) is 0.0303. The van der Waals surface area contributed by atoms with Crippen LogP contribution in [0.5, 0.6) is 0 Å². The van der Waals surface area contributed by atoms with E-state index in [0.717, 1.165) is 0 Å². The van der Waals surface area contributed by atoms with Gasteiger partial charge in [-0.15, -0.1) is 0 Å². The SMILES string of the molecule is CS1(C)c2ccccc2-c2ccc(-n3cc(-c4ccc(-c5ccc(-c6cccc7ccccc67)cc5)cc4)c4cc(-c5ccc(-c6ccc(-c7cccc8ccccc78)cc6)cc5)ccc43)cc21. The van der Waals surface area contributed by atoms with Crippen LogP contribution in [-0.4, -0.2) is 17.1 Å². The highest BCUT2D eigenvalue weighted by Gasteiger charge is 2.32. The van der Waals surface area contributed by atoms with Crippen molar-refractivity contribution < 1.29 is 0 Å². The summed E-state index contributed by atoms with van der Waals surface area (Å²) >= 11 is 0. The van der Waals surface area contributed by atoms with Gasteiger partial charge in [-0.05, 0) is 137 Å². The maximum absolute atomic E-state index is 2.46. The lowest BCUT2D eigenvalue weighted by Gasteiger charge is -2.28. The third kappa shape index (κ3) is 6.71. The van der Waals surface area contributed by atoms with Crippen LogP contribution in [0.15, 0.2) is 259 Å². The first-order valence-electron chi connectivity index (χ1n) is 23.5. The van der Waals surface area contributed by atoms with Crippen molar-refractivity contribution in [2.24, 2.45) is 0 Å². The molecule has 0 aliphatic carbocycles. The second-order valence-corrected chi connectivity index (χ2v) is 22.0. The highest BCUT2D eigenvalue weighted by Crippen LogP contribution is 2.67. The van der Waals surface area contributed by atoms with Gasteiger partial charge < -0.3 is 4.57 Å². The van der Waals surface area contributed by atoms with Crippen molar-refractivity contribution in [3.63, 3.8) is 0 Å². The quantitative estimate of drug-likeness (QED) is 0.150. The summed E-state index contributed by atoms with van der Waals surface area (Å²) in [7, 11) is -1.16. The molecule has 0 N–H and O–H groups in total. The monoisotopic (exact) mass is 885 g/mol. The van der Waals surface area contributed by atoms with Crippen LogP contribution in [0.25, 0.3) is 116 Å². The average Bonchev–Trinajstić information content (AvgIpc) is 3.90. The molecule has 1 nitrogen and oxygen atoms in total. The van der Waals surface area contributed by atoms with Gasteiger partial charge in [-0.1, -0.05) is 212 Å². The number of benzene rings is 11. The molecular formula is C66H47NS. The van der Waals surface area contributed by atoms with Gasteiger partial charge >= 0.3 is 0 Å². The molecule has 1 aromatic heterocycles. The summed E-state index contributed by atoms with van der Waals surface area (Å²) in [6, 6.07) is 89.7. The summed E-state index contributed by atoms with van der Waals surface area (Å²) in [6.45, 7) is 0. The zero-order chi connectivity index (χ0) is 45.3. The molecule has 0 atom stereocenters.